The second kappa shape index (κ2) is 5.69. The molecule has 2 rings (SSSR count). The quantitative estimate of drug-likeness (QED) is 0.761. The lowest BCUT2D eigenvalue weighted by atomic mass is 10.2. The van der Waals surface area contributed by atoms with Crippen LogP contribution in [0.25, 0.3) is 0 Å². The monoisotopic (exact) mass is 260 g/mol. The van der Waals surface area contributed by atoms with Gasteiger partial charge in [-0.25, -0.2) is 0 Å². The minimum Gasteiger partial charge on any atom is -0.457 e. The van der Waals surface area contributed by atoms with E-state index in [0.29, 0.717) is 17.1 Å². The summed E-state index contributed by atoms with van der Waals surface area (Å²) in [6.45, 7) is 2.09. The molecule has 0 aliphatic carbocycles. The van der Waals surface area contributed by atoms with Crippen molar-refractivity contribution in [3.05, 3.63) is 59.7 Å². The van der Waals surface area contributed by atoms with Crippen molar-refractivity contribution in [1.82, 2.24) is 0 Å². The van der Waals surface area contributed by atoms with Crippen LogP contribution < -0.4 is 4.74 Å². The van der Waals surface area contributed by atoms with E-state index in [9.17, 15) is 4.79 Å². The Morgan fingerprint density at radius 2 is 1.78 bits per heavy atom. The van der Waals surface area contributed by atoms with Crippen molar-refractivity contribution in [2.75, 3.05) is 0 Å². The van der Waals surface area contributed by atoms with Crippen molar-refractivity contribution in [1.29, 1.82) is 0 Å². The number of hydrogen-bond donors (Lipinski definition) is 0. The fraction of sp³-hybridized carbons (Fsp3) is 0.133. The number of rotatable bonds is 4. The highest BCUT2D eigenvalue weighted by atomic mass is 35.5. The molecule has 2 aromatic carbocycles. The maximum absolute atomic E-state index is 11.2. The Morgan fingerprint density at radius 3 is 2.39 bits per heavy atom. The summed E-state index contributed by atoms with van der Waals surface area (Å²) in [5, 5.41) is -0.518. The first-order valence-electron chi connectivity index (χ1n) is 5.76. The van der Waals surface area contributed by atoms with Gasteiger partial charge in [-0.3, -0.25) is 4.79 Å². The van der Waals surface area contributed by atoms with E-state index in [4.69, 9.17) is 16.3 Å². The predicted molar refractivity (Wildman–Crippen MR) is 72.5 cm³/mol. The Morgan fingerprint density at radius 1 is 1.11 bits per heavy atom. The topological polar surface area (TPSA) is 26.3 Å². The summed E-state index contributed by atoms with van der Waals surface area (Å²) in [5.41, 5.74) is 1.61. The summed E-state index contributed by atoms with van der Waals surface area (Å²) in [5.74, 6) is 1.17. The molecule has 0 saturated carbocycles. The van der Waals surface area contributed by atoms with Crippen LogP contribution in [-0.2, 0) is 6.42 Å². The van der Waals surface area contributed by atoms with Crippen LogP contribution in [0, 0.1) is 0 Å². The van der Waals surface area contributed by atoms with Gasteiger partial charge in [0, 0.05) is 0 Å². The van der Waals surface area contributed by atoms with E-state index in [1.807, 2.05) is 24.3 Å². The Hall–Kier alpha value is -1.80. The van der Waals surface area contributed by atoms with Crippen molar-refractivity contribution in [2.24, 2.45) is 0 Å². The molecule has 0 fully saturated rings. The maximum atomic E-state index is 11.2. The number of aryl methyl sites for hydroxylation is 1. The molecule has 0 radical (unpaired) electrons. The second-order valence-corrected chi connectivity index (χ2v) is 4.21. The van der Waals surface area contributed by atoms with Gasteiger partial charge in [-0.1, -0.05) is 31.2 Å². The van der Waals surface area contributed by atoms with Crippen LogP contribution in [0.3, 0.4) is 0 Å². The average Bonchev–Trinajstić information content (AvgIpc) is 2.40. The van der Waals surface area contributed by atoms with Crippen LogP contribution in [0.5, 0.6) is 11.5 Å². The highest BCUT2D eigenvalue weighted by Crippen LogP contribution is 2.26. The predicted octanol–water partition coefficient (Wildman–Crippen LogP) is 4.42. The van der Waals surface area contributed by atoms with Crippen LogP contribution in [0.1, 0.15) is 22.8 Å². The van der Waals surface area contributed by atoms with Crippen LogP contribution >= 0.6 is 11.6 Å². The minimum absolute atomic E-state index is 0.374. The van der Waals surface area contributed by atoms with Crippen LogP contribution in [-0.4, -0.2) is 5.24 Å². The van der Waals surface area contributed by atoms with Crippen LogP contribution in [0.4, 0.5) is 0 Å². The summed E-state index contributed by atoms with van der Waals surface area (Å²) in [7, 11) is 0. The lowest BCUT2D eigenvalue weighted by Crippen LogP contribution is -1.94. The molecule has 0 saturated heterocycles. The molecule has 2 nitrogen and oxygen atoms in total. The number of halogens is 1. The maximum Gasteiger partial charge on any atom is 0.256 e. The molecule has 18 heavy (non-hydrogen) atoms. The molecule has 0 aliphatic heterocycles. The molecular formula is C15H13ClO2. The van der Waals surface area contributed by atoms with Gasteiger partial charge < -0.3 is 4.74 Å². The number of carbonyl (C=O) groups is 1. The van der Waals surface area contributed by atoms with Crippen molar-refractivity contribution in [2.45, 2.75) is 13.3 Å². The lowest BCUT2D eigenvalue weighted by Gasteiger charge is -2.08. The van der Waals surface area contributed by atoms with Crippen molar-refractivity contribution < 1.29 is 9.53 Å². The largest absolute Gasteiger partial charge is 0.457 e. The third kappa shape index (κ3) is 2.90. The Bertz CT molecular complexity index is 547. The van der Waals surface area contributed by atoms with Crippen LogP contribution in [0.2, 0.25) is 0 Å². The van der Waals surface area contributed by atoms with E-state index in [0.717, 1.165) is 6.42 Å². The van der Waals surface area contributed by atoms with Gasteiger partial charge >= 0.3 is 0 Å². The molecule has 3 heteroatoms. The summed E-state index contributed by atoms with van der Waals surface area (Å²) >= 11 is 5.50. The molecule has 0 aromatic heterocycles. The van der Waals surface area contributed by atoms with Gasteiger partial charge in [0.25, 0.3) is 5.24 Å². The second-order valence-electron chi connectivity index (χ2n) is 3.87. The van der Waals surface area contributed by atoms with Crippen molar-refractivity contribution in [3.8, 4) is 11.5 Å². The molecule has 0 atom stereocenters. The SMILES string of the molecule is CCc1ccc(Oc2ccccc2C(=O)Cl)cc1. The van der Waals surface area contributed by atoms with Crippen molar-refractivity contribution in [3.63, 3.8) is 0 Å². The standard InChI is InChI=1S/C15H13ClO2/c1-2-11-7-9-12(10-8-11)18-14-6-4-3-5-13(14)15(16)17/h3-10H,2H2,1H3. The van der Waals surface area contributed by atoms with Gasteiger partial charge in [-0.15, -0.1) is 0 Å². The molecule has 0 bridgehead atoms. The number of hydrogen-bond acceptors (Lipinski definition) is 2. The Balaban J connectivity index is 2.25. The van der Waals surface area contributed by atoms with Gasteiger partial charge in [-0.2, -0.15) is 0 Å². The smallest absolute Gasteiger partial charge is 0.256 e. The number of ether oxygens (including phenoxy) is 1. The zero-order valence-electron chi connectivity index (χ0n) is 10.0. The highest BCUT2D eigenvalue weighted by molar-refractivity contribution is 6.68. The molecule has 92 valence electrons. The molecule has 2 aromatic rings. The van der Waals surface area contributed by atoms with Gasteiger partial charge in [-0.05, 0) is 47.9 Å². The van der Waals surface area contributed by atoms with Crippen molar-refractivity contribution >= 4 is 16.8 Å². The molecule has 0 spiro atoms. The fourth-order valence-electron chi connectivity index (χ4n) is 1.64. The van der Waals surface area contributed by atoms with E-state index >= 15 is 0 Å². The molecule has 0 amide bonds. The molecule has 0 unspecified atom stereocenters. The lowest BCUT2D eigenvalue weighted by molar-refractivity contribution is 0.107. The molecule has 0 N–H and O–H groups in total. The molecule has 0 aliphatic rings. The average molecular weight is 261 g/mol. The van der Waals surface area contributed by atoms with E-state index in [1.165, 1.54) is 5.56 Å². The van der Waals surface area contributed by atoms with E-state index in [1.54, 1.807) is 24.3 Å². The first-order valence-corrected chi connectivity index (χ1v) is 6.14. The molecular weight excluding hydrogens is 248 g/mol. The summed E-state index contributed by atoms with van der Waals surface area (Å²) in [4.78, 5) is 11.2. The van der Waals surface area contributed by atoms with E-state index in [-0.39, 0.29) is 0 Å². The van der Waals surface area contributed by atoms with Crippen LogP contribution in [0.15, 0.2) is 48.5 Å². The first-order chi connectivity index (χ1) is 8.70. The third-order valence-corrected chi connectivity index (χ3v) is 2.86. The zero-order chi connectivity index (χ0) is 13.0. The number of para-hydroxylation sites is 1. The summed E-state index contributed by atoms with van der Waals surface area (Å²) < 4.78 is 5.67. The zero-order valence-corrected chi connectivity index (χ0v) is 10.8. The fourth-order valence-corrected chi connectivity index (χ4v) is 1.79. The molecule has 0 heterocycles. The first kappa shape index (κ1) is 12.7. The van der Waals surface area contributed by atoms with Gasteiger partial charge in [0.2, 0.25) is 0 Å². The van der Waals surface area contributed by atoms with E-state index < -0.39 is 5.24 Å². The Labute approximate surface area is 111 Å². The normalized spacial score (nSPS) is 10.1. The number of carbonyl (C=O) groups excluding carboxylic acids is 1. The summed E-state index contributed by atoms with van der Waals surface area (Å²) in [6, 6.07) is 14.7. The third-order valence-electron chi connectivity index (χ3n) is 2.66. The number of benzene rings is 2. The van der Waals surface area contributed by atoms with E-state index in [2.05, 4.69) is 6.92 Å². The van der Waals surface area contributed by atoms with Gasteiger partial charge in [0.1, 0.15) is 11.5 Å². The summed E-state index contributed by atoms with van der Waals surface area (Å²) in [6.07, 6.45) is 0.983. The van der Waals surface area contributed by atoms with Gasteiger partial charge in [0.05, 0.1) is 5.56 Å². The Kier molecular flexibility index (Phi) is 4.00. The van der Waals surface area contributed by atoms with Gasteiger partial charge in [0.15, 0.2) is 0 Å². The highest BCUT2D eigenvalue weighted by Gasteiger charge is 2.09. The minimum atomic E-state index is -0.518.